The number of benzene rings is 2. The molecule has 0 aliphatic rings. The van der Waals surface area contributed by atoms with Crippen molar-refractivity contribution in [2.45, 2.75) is 13.0 Å². The summed E-state index contributed by atoms with van der Waals surface area (Å²) < 4.78 is 0. The molecular weight excluding hydrogens is 274 g/mol. The summed E-state index contributed by atoms with van der Waals surface area (Å²) in [5.74, 6) is 0. The van der Waals surface area contributed by atoms with E-state index < -0.39 is 0 Å². The van der Waals surface area contributed by atoms with Crippen LogP contribution in [-0.2, 0) is 0 Å². The lowest BCUT2D eigenvalue weighted by molar-refractivity contribution is 0.244. The van der Waals surface area contributed by atoms with Crippen LogP contribution in [0, 0.1) is 6.92 Å². The topological polar surface area (TPSA) is 44.4 Å². The van der Waals surface area contributed by atoms with Crippen molar-refractivity contribution in [2.24, 2.45) is 0 Å². The second-order valence-corrected chi connectivity index (χ2v) is 5.69. The Morgan fingerprint density at radius 3 is 2.45 bits per heavy atom. The molecule has 0 bridgehead atoms. The molecule has 4 heteroatoms. The van der Waals surface area contributed by atoms with E-state index in [-0.39, 0.29) is 12.1 Å². The van der Waals surface area contributed by atoms with E-state index in [0.29, 0.717) is 0 Å². The second-order valence-electron chi connectivity index (χ2n) is 5.69. The Hall–Kier alpha value is -2.33. The van der Waals surface area contributed by atoms with Crippen LogP contribution in [0.1, 0.15) is 17.2 Å². The number of amides is 2. The van der Waals surface area contributed by atoms with Gasteiger partial charge in [-0.05, 0) is 44.3 Å². The SMILES string of the molecule is Cc1cccc(NC(=O)N[C@H](CN(C)C)c2ccccc2)c1. The maximum absolute atomic E-state index is 12.2. The molecule has 0 saturated carbocycles. The number of aryl methyl sites for hydroxylation is 1. The first-order valence-electron chi connectivity index (χ1n) is 7.38. The Kier molecular flexibility index (Phi) is 5.55. The molecule has 2 rings (SSSR count). The number of nitrogens with zero attached hydrogens (tertiary/aromatic N) is 1. The fraction of sp³-hybridized carbons (Fsp3) is 0.278. The van der Waals surface area contributed by atoms with E-state index >= 15 is 0 Å². The Morgan fingerprint density at radius 2 is 1.82 bits per heavy atom. The van der Waals surface area contributed by atoms with Gasteiger partial charge in [0.05, 0.1) is 6.04 Å². The van der Waals surface area contributed by atoms with Gasteiger partial charge >= 0.3 is 6.03 Å². The molecule has 116 valence electrons. The van der Waals surface area contributed by atoms with E-state index in [1.807, 2.05) is 75.6 Å². The molecule has 2 N–H and O–H groups in total. The molecule has 0 saturated heterocycles. The lowest BCUT2D eigenvalue weighted by Crippen LogP contribution is -2.37. The summed E-state index contributed by atoms with van der Waals surface area (Å²) in [5, 5.41) is 5.93. The number of likely N-dealkylation sites (N-methyl/N-ethyl adjacent to an activating group) is 1. The monoisotopic (exact) mass is 297 g/mol. The van der Waals surface area contributed by atoms with Crippen molar-refractivity contribution in [2.75, 3.05) is 26.0 Å². The fourth-order valence-corrected chi connectivity index (χ4v) is 2.33. The fourth-order valence-electron chi connectivity index (χ4n) is 2.33. The van der Waals surface area contributed by atoms with Gasteiger partial charge in [0.2, 0.25) is 0 Å². The largest absolute Gasteiger partial charge is 0.330 e. The highest BCUT2D eigenvalue weighted by Crippen LogP contribution is 2.14. The minimum Gasteiger partial charge on any atom is -0.330 e. The molecule has 0 aromatic heterocycles. The smallest absolute Gasteiger partial charge is 0.319 e. The predicted octanol–water partition coefficient (Wildman–Crippen LogP) is 3.42. The Balaban J connectivity index is 2.05. The summed E-state index contributed by atoms with van der Waals surface area (Å²) in [6, 6.07) is 17.5. The van der Waals surface area contributed by atoms with Gasteiger partial charge in [-0.1, -0.05) is 42.5 Å². The normalized spacial score (nSPS) is 12.0. The van der Waals surface area contributed by atoms with Gasteiger partial charge in [0.1, 0.15) is 0 Å². The summed E-state index contributed by atoms with van der Waals surface area (Å²) in [7, 11) is 3.99. The number of anilines is 1. The average molecular weight is 297 g/mol. The Labute approximate surface area is 132 Å². The van der Waals surface area contributed by atoms with Crippen LogP contribution in [0.3, 0.4) is 0 Å². The van der Waals surface area contributed by atoms with Crippen molar-refractivity contribution in [1.82, 2.24) is 10.2 Å². The number of carbonyl (C=O) groups is 1. The van der Waals surface area contributed by atoms with Gasteiger partial charge in [-0.15, -0.1) is 0 Å². The predicted molar refractivity (Wildman–Crippen MR) is 91.1 cm³/mol. The highest BCUT2D eigenvalue weighted by molar-refractivity contribution is 5.89. The molecule has 0 spiro atoms. The molecule has 2 amide bonds. The van der Waals surface area contributed by atoms with Crippen molar-refractivity contribution >= 4 is 11.7 Å². The summed E-state index contributed by atoms with van der Waals surface area (Å²) >= 11 is 0. The Morgan fingerprint density at radius 1 is 1.09 bits per heavy atom. The second kappa shape index (κ2) is 7.61. The molecule has 0 aliphatic carbocycles. The van der Waals surface area contributed by atoms with Crippen molar-refractivity contribution in [1.29, 1.82) is 0 Å². The van der Waals surface area contributed by atoms with Crippen LogP contribution in [0.2, 0.25) is 0 Å². The van der Waals surface area contributed by atoms with Gasteiger partial charge in [-0.25, -0.2) is 4.79 Å². The molecule has 4 nitrogen and oxygen atoms in total. The maximum atomic E-state index is 12.2. The molecule has 2 aromatic carbocycles. The summed E-state index contributed by atoms with van der Waals surface area (Å²) in [6.45, 7) is 2.74. The van der Waals surface area contributed by atoms with Gasteiger partial charge in [-0.2, -0.15) is 0 Å². The third-order valence-electron chi connectivity index (χ3n) is 3.33. The molecular formula is C18H23N3O. The van der Waals surface area contributed by atoms with Crippen LogP contribution >= 0.6 is 0 Å². The zero-order valence-corrected chi connectivity index (χ0v) is 13.3. The number of urea groups is 1. The van der Waals surface area contributed by atoms with E-state index in [1.165, 1.54) is 0 Å². The van der Waals surface area contributed by atoms with Crippen LogP contribution in [0.25, 0.3) is 0 Å². The van der Waals surface area contributed by atoms with Crippen molar-refractivity contribution < 1.29 is 4.79 Å². The lowest BCUT2D eigenvalue weighted by Gasteiger charge is -2.23. The third-order valence-corrected chi connectivity index (χ3v) is 3.33. The molecule has 0 heterocycles. The van der Waals surface area contributed by atoms with Crippen LogP contribution in [0.5, 0.6) is 0 Å². The average Bonchev–Trinajstić information content (AvgIpc) is 2.47. The van der Waals surface area contributed by atoms with E-state index in [0.717, 1.165) is 23.4 Å². The first kappa shape index (κ1) is 16.0. The minimum atomic E-state index is -0.193. The lowest BCUT2D eigenvalue weighted by atomic mass is 10.1. The van der Waals surface area contributed by atoms with Gasteiger partial charge in [0.15, 0.2) is 0 Å². The van der Waals surface area contributed by atoms with Crippen molar-refractivity contribution in [3.63, 3.8) is 0 Å². The number of carbonyl (C=O) groups excluding carboxylic acids is 1. The molecule has 22 heavy (non-hydrogen) atoms. The van der Waals surface area contributed by atoms with Gasteiger partial charge < -0.3 is 15.5 Å². The van der Waals surface area contributed by atoms with Gasteiger partial charge in [-0.3, -0.25) is 0 Å². The van der Waals surface area contributed by atoms with E-state index in [1.54, 1.807) is 0 Å². The van der Waals surface area contributed by atoms with Gasteiger partial charge in [0, 0.05) is 12.2 Å². The third kappa shape index (κ3) is 4.90. The highest BCUT2D eigenvalue weighted by atomic mass is 16.2. The number of nitrogens with one attached hydrogen (secondary N) is 2. The van der Waals surface area contributed by atoms with E-state index in [9.17, 15) is 4.79 Å². The molecule has 0 radical (unpaired) electrons. The molecule has 2 aromatic rings. The van der Waals surface area contributed by atoms with Crippen LogP contribution in [0.15, 0.2) is 54.6 Å². The van der Waals surface area contributed by atoms with Gasteiger partial charge in [0.25, 0.3) is 0 Å². The first-order chi connectivity index (χ1) is 10.5. The number of hydrogen-bond acceptors (Lipinski definition) is 2. The first-order valence-corrected chi connectivity index (χ1v) is 7.38. The zero-order chi connectivity index (χ0) is 15.9. The van der Waals surface area contributed by atoms with Crippen LogP contribution in [0.4, 0.5) is 10.5 Å². The number of rotatable bonds is 5. The van der Waals surface area contributed by atoms with Crippen LogP contribution < -0.4 is 10.6 Å². The summed E-state index contributed by atoms with van der Waals surface area (Å²) in [4.78, 5) is 14.3. The van der Waals surface area contributed by atoms with E-state index in [2.05, 4.69) is 15.5 Å². The maximum Gasteiger partial charge on any atom is 0.319 e. The summed E-state index contributed by atoms with van der Waals surface area (Å²) in [6.07, 6.45) is 0. The molecule has 0 unspecified atom stereocenters. The Bertz CT molecular complexity index is 611. The quantitative estimate of drug-likeness (QED) is 0.888. The summed E-state index contributed by atoms with van der Waals surface area (Å²) in [5.41, 5.74) is 3.01. The standard InChI is InChI=1S/C18H23N3O/c1-14-8-7-11-16(12-14)19-18(22)20-17(13-21(2)3)15-9-5-4-6-10-15/h4-12,17H,13H2,1-3H3,(H2,19,20,22)/t17-/m1/s1. The minimum absolute atomic E-state index is 0.0546. The molecule has 0 fully saturated rings. The van der Waals surface area contributed by atoms with E-state index in [4.69, 9.17) is 0 Å². The number of hydrogen-bond donors (Lipinski definition) is 2. The van der Waals surface area contributed by atoms with Crippen LogP contribution in [-0.4, -0.2) is 31.6 Å². The van der Waals surface area contributed by atoms with Crippen molar-refractivity contribution in [3.8, 4) is 0 Å². The molecule has 1 atom stereocenters. The zero-order valence-electron chi connectivity index (χ0n) is 13.3. The highest BCUT2D eigenvalue weighted by Gasteiger charge is 2.15. The molecule has 0 aliphatic heterocycles. The van der Waals surface area contributed by atoms with Crippen molar-refractivity contribution in [3.05, 3.63) is 65.7 Å².